The van der Waals surface area contributed by atoms with Crippen LogP contribution in [0.2, 0.25) is 0 Å². The standard InChI is InChI=1S/C14H16BrN3O3/c1-19-9-6-8(7-10(20-2)11(9)15)12-17-13(18-21-12)14(16)4-3-5-14/h6-7H,3-5,16H2,1-2H3. The van der Waals surface area contributed by atoms with Crippen LogP contribution in [0.4, 0.5) is 0 Å². The lowest BCUT2D eigenvalue weighted by molar-refractivity contribution is 0.229. The topological polar surface area (TPSA) is 83.4 Å². The molecular formula is C14H16BrN3O3. The van der Waals surface area contributed by atoms with E-state index in [1.165, 1.54) is 0 Å². The molecule has 0 amide bonds. The Kier molecular flexibility index (Phi) is 3.62. The average molecular weight is 354 g/mol. The number of rotatable bonds is 4. The van der Waals surface area contributed by atoms with Crippen molar-refractivity contribution in [3.05, 3.63) is 22.4 Å². The number of methoxy groups -OCH3 is 2. The van der Waals surface area contributed by atoms with Crippen LogP contribution in [0.25, 0.3) is 11.5 Å². The first-order valence-corrected chi connectivity index (χ1v) is 7.41. The van der Waals surface area contributed by atoms with E-state index in [0.29, 0.717) is 23.2 Å². The van der Waals surface area contributed by atoms with Crippen molar-refractivity contribution in [1.29, 1.82) is 0 Å². The highest BCUT2D eigenvalue weighted by Gasteiger charge is 2.39. The van der Waals surface area contributed by atoms with Gasteiger partial charge in [-0.1, -0.05) is 5.16 Å². The van der Waals surface area contributed by atoms with Gasteiger partial charge >= 0.3 is 0 Å². The summed E-state index contributed by atoms with van der Waals surface area (Å²) in [5.74, 6) is 2.24. The van der Waals surface area contributed by atoms with Crippen LogP contribution in [0.15, 0.2) is 21.1 Å². The lowest BCUT2D eigenvalue weighted by Crippen LogP contribution is -2.44. The molecule has 0 atom stereocenters. The first-order chi connectivity index (χ1) is 10.1. The SMILES string of the molecule is COc1cc(-c2nc(C3(N)CCC3)no2)cc(OC)c1Br. The lowest BCUT2D eigenvalue weighted by atomic mass is 9.77. The molecule has 7 heteroatoms. The molecule has 0 unspecified atom stereocenters. The minimum atomic E-state index is -0.439. The largest absolute Gasteiger partial charge is 0.495 e. The van der Waals surface area contributed by atoms with Gasteiger partial charge in [-0.3, -0.25) is 0 Å². The van der Waals surface area contributed by atoms with Gasteiger partial charge in [-0.2, -0.15) is 4.98 Å². The highest BCUT2D eigenvalue weighted by Crippen LogP contribution is 2.40. The number of hydrogen-bond donors (Lipinski definition) is 1. The summed E-state index contributed by atoms with van der Waals surface area (Å²) in [7, 11) is 3.18. The van der Waals surface area contributed by atoms with Gasteiger partial charge in [-0.25, -0.2) is 0 Å². The summed E-state index contributed by atoms with van der Waals surface area (Å²) in [6.07, 6.45) is 2.87. The molecule has 1 saturated carbocycles. The summed E-state index contributed by atoms with van der Waals surface area (Å²) in [5, 5.41) is 4.02. The third-order valence-corrected chi connectivity index (χ3v) is 4.59. The van der Waals surface area contributed by atoms with E-state index in [2.05, 4.69) is 26.1 Å². The molecule has 2 aromatic rings. The van der Waals surface area contributed by atoms with Gasteiger partial charge in [-0.15, -0.1) is 0 Å². The summed E-state index contributed by atoms with van der Waals surface area (Å²) in [6, 6.07) is 3.63. The van der Waals surface area contributed by atoms with Crippen molar-refractivity contribution in [3.8, 4) is 23.0 Å². The Labute approximate surface area is 130 Å². The second kappa shape index (κ2) is 5.31. The van der Waals surface area contributed by atoms with Crippen LogP contribution in [0.3, 0.4) is 0 Å². The molecule has 0 radical (unpaired) electrons. The average Bonchev–Trinajstić information content (AvgIpc) is 2.95. The fourth-order valence-electron chi connectivity index (χ4n) is 2.32. The Morgan fingerprint density at radius 2 is 1.86 bits per heavy atom. The Morgan fingerprint density at radius 1 is 1.24 bits per heavy atom. The number of hydrogen-bond acceptors (Lipinski definition) is 6. The van der Waals surface area contributed by atoms with Crippen molar-refractivity contribution in [1.82, 2.24) is 10.1 Å². The van der Waals surface area contributed by atoms with E-state index in [-0.39, 0.29) is 0 Å². The molecule has 0 saturated heterocycles. The molecule has 1 aliphatic rings. The zero-order chi connectivity index (χ0) is 15.0. The summed E-state index contributed by atoms with van der Waals surface area (Å²) in [6.45, 7) is 0. The molecule has 0 aliphatic heterocycles. The maximum Gasteiger partial charge on any atom is 0.258 e. The smallest absolute Gasteiger partial charge is 0.258 e. The zero-order valence-corrected chi connectivity index (χ0v) is 13.4. The fraction of sp³-hybridized carbons (Fsp3) is 0.429. The van der Waals surface area contributed by atoms with Crippen LogP contribution < -0.4 is 15.2 Å². The van der Waals surface area contributed by atoms with Crippen molar-refractivity contribution < 1.29 is 14.0 Å². The van der Waals surface area contributed by atoms with E-state index in [0.717, 1.165) is 29.3 Å². The molecule has 1 aromatic heterocycles. The Hall–Kier alpha value is -1.60. The van der Waals surface area contributed by atoms with Gasteiger partial charge < -0.3 is 19.7 Å². The predicted molar refractivity (Wildman–Crippen MR) is 80.3 cm³/mol. The third kappa shape index (κ3) is 2.40. The van der Waals surface area contributed by atoms with Crippen LogP contribution in [0.5, 0.6) is 11.5 Å². The molecule has 1 heterocycles. The van der Waals surface area contributed by atoms with Gasteiger partial charge in [0.15, 0.2) is 5.82 Å². The van der Waals surface area contributed by atoms with Gasteiger partial charge in [-0.05, 0) is 47.3 Å². The molecule has 2 N–H and O–H groups in total. The maximum absolute atomic E-state index is 6.21. The highest BCUT2D eigenvalue weighted by atomic mass is 79.9. The monoisotopic (exact) mass is 353 g/mol. The van der Waals surface area contributed by atoms with E-state index in [1.807, 2.05) is 12.1 Å². The van der Waals surface area contributed by atoms with Crippen LogP contribution in [0, 0.1) is 0 Å². The molecule has 6 nitrogen and oxygen atoms in total. The molecular weight excluding hydrogens is 338 g/mol. The van der Waals surface area contributed by atoms with Gasteiger partial charge in [0.05, 0.1) is 19.8 Å². The van der Waals surface area contributed by atoms with Crippen molar-refractivity contribution in [2.45, 2.75) is 24.8 Å². The fourth-order valence-corrected chi connectivity index (χ4v) is 2.87. The van der Waals surface area contributed by atoms with Crippen molar-refractivity contribution in [2.24, 2.45) is 5.73 Å². The molecule has 1 aromatic carbocycles. The molecule has 1 aliphatic carbocycles. The molecule has 1 fully saturated rings. The number of benzene rings is 1. The van der Waals surface area contributed by atoms with Gasteiger partial charge in [0, 0.05) is 5.56 Å². The first-order valence-electron chi connectivity index (χ1n) is 6.62. The summed E-state index contributed by atoms with van der Waals surface area (Å²) in [4.78, 5) is 4.43. The van der Waals surface area contributed by atoms with E-state index >= 15 is 0 Å². The third-order valence-electron chi connectivity index (χ3n) is 3.81. The van der Waals surface area contributed by atoms with Crippen molar-refractivity contribution in [2.75, 3.05) is 14.2 Å². The number of halogens is 1. The molecule has 21 heavy (non-hydrogen) atoms. The predicted octanol–water partition coefficient (Wildman–Crippen LogP) is 2.85. The minimum absolute atomic E-state index is 0.408. The lowest BCUT2D eigenvalue weighted by Gasteiger charge is -2.34. The van der Waals surface area contributed by atoms with E-state index in [4.69, 9.17) is 19.7 Å². The second-order valence-corrected chi connectivity index (χ2v) is 5.92. The van der Waals surface area contributed by atoms with Crippen LogP contribution in [-0.2, 0) is 5.54 Å². The van der Waals surface area contributed by atoms with E-state index < -0.39 is 5.54 Å². The van der Waals surface area contributed by atoms with Crippen LogP contribution in [-0.4, -0.2) is 24.4 Å². The zero-order valence-electron chi connectivity index (χ0n) is 11.9. The number of aromatic nitrogens is 2. The summed E-state index contributed by atoms with van der Waals surface area (Å²) >= 11 is 3.43. The molecule has 0 spiro atoms. The minimum Gasteiger partial charge on any atom is -0.495 e. The summed E-state index contributed by atoms with van der Waals surface area (Å²) < 4.78 is 16.7. The number of nitrogens with two attached hydrogens (primary N) is 1. The van der Waals surface area contributed by atoms with Gasteiger partial charge in [0.1, 0.15) is 16.0 Å². The van der Waals surface area contributed by atoms with Crippen LogP contribution >= 0.6 is 15.9 Å². The highest BCUT2D eigenvalue weighted by molar-refractivity contribution is 9.10. The van der Waals surface area contributed by atoms with Gasteiger partial charge in [0.25, 0.3) is 5.89 Å². The maximum atomic E-state index is 6.21. The second-order valence-electron chi connectivity index (χ2n) is 5.13. The Bertz CT molecular complexity index is 642. The number of ether oxygens (including phenoxy) is 2. The Balaban J connectivity index is 2.00. The summed E-state index contributed by atoms with van der Waals surface area (Å²) in [5.41, 5.74) is 6.50. The van der Waals surface area contributed by atoms with E-state index in [9.17, 15) is 0 Å². The quantitative estimate of drug-likeness (QED) is 0.909. The van der Waals surface area contributed by atoms with Crippen molar-refractivity contribution >= 4 is 15.9 Å². The van der Waals surface area contributed by atoms with Gasteiger partial charge in [0.2, 0.25) is 0 Å². The Morgan fingerprint density at radius 3 is 2.33 bits per heavy atom. The number of nitrogens with zero attached hydrogens (tertiary/aromatic N) is 2. The molecule has 3 rings (SSSR count). The normalized spacial score (nSPS) is 16.4. The first kappa shape index (κ1) is 14.3. The molecule has 0 bridgehead atoms. The van der Waals surface area contributed by atoms with E-state index in [1.54, 1.807) is 14.2 Å². The van der Waals surface area contributed by atoms with Crippen LogP contribution in [0.1, 0.15) is 25.1 Å². The molecule has 112 valence electrons. The van der Waals surface area contributed by atoms with Crippen molar-refractivity contribution in [3.63, 3.8) is 0 Å².